The van der Waals surface area contributed by atoms with E-state index in [0.717, 1.165) is 26.0 Å². The summed E-state index contributed by atoms with van der Waals surface area (Å²) in [6, 6.07) is -0.116. The predicted molar refractivity (Wildman–Crippen MR) is 55.1 cm³/mol. The fourth-order valence-corrected chi connectivity index (χ4v) is 1.59. The van der Waals surface area contributed by atoms with Crippen LogP contribution < -0.4 is 5.32 Å². The second-order valence-electron chi connectivity index (χ2n) is 4.00. The molecular formula is C10H20N2O2. The maximum absolute atomic E-state index is 11.5. The molecule has 0 bridgehead atoms. The summed E-state index contributed by atoms with van der Waals surface area (Å²) in [7, 11) is 3.54. The summed E-state index contributed by atoms with van der Waals surface area (Å²) in [4.78, 5) is 13.1. The first-order valence-corrected chi connectivity index (χ1v) is 5.17. The average molecular weight is 200 g/mol. The molecule has 1 saturated heterocycles. The van der Waals surface area contributed by atoms with Crippen molar-refractivity contribution in [3.63, 3.8) is 0 Å². The third-order valence-corrected chi connectivity index (χ3v) is 2.49. The Bertz CT molecular complexity index is 189. The van der Waals surface area contributed by atoms with Crippen LogP contribution in [0, 0.1) is 0 Å². The maximum Gasteiger partial charge on any atom is 0.238 e. The molecule has 1 amide bonds. The molecule has 0 aliphatic carbocycles. The third kappa shape index (κ3) is 3.27. The summed E-state index contributed by atoms with van der Waals surface area (Å²) in [5.74, 6) is 0.114. The molecule has 82 valence electrons. The number of carbonyl (C=O) groups is 1. The van der Waals surface area contributed by atoms with Gasteiger partial charge in [-0.25, -0.2) is 0 Å². The van der Waals surface area contributed by atoms with Crippen LogP contribution in [0.5, 0.6) is 0 Å². The van der Waals surface area contributed by atoms with Crippen molar-refractivity contribution in [3.8, 4) is 0 Å². The van der Waals surface area contributed by atoms with E-state index in [2.05, 4.69) is 5.32 Å². The molecule has 1 rings (SSSR count). The van der Waals surface area contributed by atoms with Crippen LogP contribution in [0.2, 0.25) is 0 Å². The summed E-state index contributed by atoms with van der Waals surface area (Å²) in [6.45, 7) is 3.53. The highest BCUT2D eigenvalue weighted by Gasteiger charge is 2.19. The minimum absolute atomic E-state index is 0.114. The molecule has 0 aromatic rings. The van der Waals surface area contributed by atoms with Gasteiger partial charge >= 0.3 is 0 Å². The van der Waals surface area contributed by atoms with Gasteiger partial charge in [-0.3, -0.25) is 4.79 Å². The van der Waals surface area contributed by atoms with Crippen molar-refractivity contribution in [2.45, 2.75) is 31.9 Å². The Morgan fingerprint density at radius 2 is 2.36 bits per heavy atom. The van der Waals surface area contributed by atoms with E-state index in [1.165, 1.54) is 0 Å². The Morgan fingerprint density at radius 3 is 2.86 bits per heavy atom. The van der Waals surface area contributed by atoms with Crippen LogP contribution in [0.25, 0.3) is 0 Å². The van der Waals surface area contributed by atoms with Gasteiger partial charge < -0.3 is 15.0 Å². The lowest BCUT2D eigenvalue weighted by atomic mass is 10.2. The molecule has 4 nitrogen and oxygen atoms in total. The summed E-state index contributed by atoms with van der Waals surface area (Å²) < 4.78 is 5.46. The van der Waals surface area contributed by atoms with Gasteiger partial charge in [0.05, 0.1) is 12.1 Å². The molecule has 0 radical (unpaired) electrons. The number of hydrogen-bond donors (Lipinski definition) is 1. The van der Waals surface area contributed by atoms with Gasteiger partial charge in [0, 0.05) is 27.2 Å². The lowest BCUT2D eigenvalue weighted by Gasteiger charge is -2.19. The second kappa shape index (κ2) is 5.32. The molecule has 1 aliphatic rings. The highest BCUT2D eigenvalue weighted by molar-refractivity contribution is 5.80. The van der Waals surface area contributed by atoms with E-state index in [1.807, 2.05) is 6.92 Å². The van der Waals surface area contributed by atoms with E-state index in [1.54, 1.807) is 19.0 Å². The van der Waals surface area contributed by atoms with E-state index >= 15 is 0 Å². The molecule has 14 heavy (non-hydrogen) atoms. The predicted octanol–water partition coefficient (Wildman–Crippen LogP) is 0.232. The summed E-state index contributed by atoms with van der Waals surface area (Å²) in [5.41, 5.74) is 0. The number of ether oxygens (including phenoxy) is 1. The molecule has 0 spiro atoms. The molecule has 0 saturated carbocycles. The Balaban J connectivity index is 2.19. The van der Waals surface area contributed by atoms with Gasteiger partial charge in [-0.15, -0.1) is 0 Å². The molecule has 1 N–H and O–H groups in total. The molecule has 0 aromatic carbocycles. The van der Waals surface area contributed by atoms with Crippen LogP contribution in [0.4, 0.5) is 0 Å². The van der Waals surface area contributed by atoms with Gasteiger partial charge in [-0.2, -0.15) is 0 Å². The van der Waals surface area contributed by atoms with E-state index in [0.29, 0.717) is 6.10 Å². The van der Waals surface area contributed by atoms with E-state index in [9.17, 15) is 4.79 Å². The van der Waals surface area contributed by atoms with Crippen LogP contribution in [0.3, 0.4) is 0 Å². The van der Waals surface area contributed by atoms with Crippen molar-refractivity contribution in [1.82, 2.24) is 10.2 Å². The van der Waals surface area contributed by atoms with Crippen molar-refractivity contribution < 1.29 is 9.53 Å². The molecule has 2 unspecified atom stereocenters. The Labute approximate surface area is 85.6 Å². The number of likely N-dealkylation sites (N-methyl/N-ethyl adjacent to an activating group) is 1. The van der Waals surface area contributed by atoms with Crippen LogP contribution in [-0.2, 0) is 9.53 Å². The van der Waals surface area contributed by atoms with Crippen LogP contribution in [-0.4, -0.2) is 50.2 Å². The molecule has 1 heterocycles. The summed E-state index contributed by atoms with van der Waals surface area (Å²) in [6.07, 6.45) is 2.55. The van der Waals surface area contributed by atoms with Crippen LogP contribution >= 0.6 is 0 Å². The lowest BCUT2D eigenvalue weighted by molar-refractivity contribution is -0.130. The van der Waals surface area contributed by atoms with E-state index in [-0.39, 0.29) is 11.9 Å². The molecular weight excluding hydrogens is 180 g/mol. The van der Waals surface area contributed by atoms with Gasteiger partial charge in [0.25, 0.3) is 0 Å². The minimum atomic E-state index is -0.116. The Kier molecular flexibility index (Phi) is 4.35. The van der Waals surface area contributed by atoms with E-state index in [4.69, 9.17) is 4.74 Å². The quantitative estimate of drug-likeness (QED) is 0.706. The molecule has 1 fully saturated rings. The van der Waals surface area contributed by atoms with Crippen molar-refractivity contribution in [1.29, 1.82) is 0 Å². The lowest BCUT2D eigenvalue weighted by Crippen LogP contribution is -2.44. The summed E-state index contributed by atoms with van der Waals surface area (Å²) in [5, 5.41) is 3.19. The number of nitrogens with one attached hydrogen (secondary N) is 1. The largest absolute Gasteiger partial charge is 0.377 e. The average Bonchev–Trinajstić information content (AvgIpc) is 2.65. The van der Waals surface area contributed by atoms with E-state index < -0.39 is 0 Å². The topological polar surface area (TPSA) is 41.6 Å². The van der Waals surface area contributed by atoms with Crippen LogP contribution in [0.1, 0.15) is 19.8 Å². The number of nitrogens with zero attached hydrogens (tertiary/aromatic N) is 1. The number of amides is 1. The molecule has 4 heteroatoms. The van der Waals surface area contributed by atoms with Crippen molar-refractivity contribution in [2.75, 3.05) is 27.2 Å². The fraction of sp³-hybridized carbons (Fsp3) is 0.900. The number of rotatable bonds is 4. The zero-order valence-corrected chi connectivity index (χ0v) is 9.25. The van der Waals surface area contributed by atoms with Crippen LogP contribution in [0.15, 0.2) is 0 Å². The summed E-state index contributed by atoms with van der Waals surface area (Å²) >= 11 is 0. The standard InChI is InChI=1S/C10H20N2O2/c1-8(10(13)12(2)3)11-7-9-5-4-6-14-9/h8-9,11H,4-7H2,1-3H3. The first-order valence-electron chi connectivity index (χ1n) is 5.17. The normalized spacial score (nSPS) is 23.5. The molecule has 2 atom stereocenters. The molecule has 1 aliphatic heterocycles. The van der Waals surface area contributed by atoms with Crippen molar-refractivity contribution in [3.05, 3.63) is 0 Å². The van der Waals surface area contributed by atoms with Crippen molar-refractivity contribution in [2.24, 2.45) is 0 Å². The Morgan fingerprint density at radius 1 is 1.64 bits per heavy atom. The second-order valence-corrected chi connectivity index (χ2v) is 4.00. The van der Waals surface area contributed by atoms with Gasteiger partial charge in [0.2, 0.25) is 5.91 Å². The Hall–Kier alpha value is -0.610. The first kappa shape index (κ1) is 11.5. The van der Waals surface area contributed by atoms with Crippen molar-refractivity contribution >= 4 is 5.91 Å². The monoisotopic (exact) mass is 200 g/mol. The first-order chi connectivity index (χ1) is 6.61. The number of hydrogen-bond acceptors (Lipinski definition) is 3. The highest BCUT2D eigenvalue weighted by atomic mass is 16.5. The zero-order chi connectivity index (χ0) is 10.6. The highest BCUT2D eigenvalue weighted by Crippen LogP contribution is 2.10. The fourth-order valence-electron chi connectivity index (χ4n) is 1.59. The van der Waals surface area contributed by atoms with Gasteiger partial charge in [0.15, 0.2) is 0 Å². The van der Waals surface area contributed by atoms with Gasteiger partial charge in [0.1, 0.15) is 0 Å². The SMILES string of the molecule is CC(NCC1CCCO1)C(=O)N(C)C. The number of carbonyl (C=O) groups excluding carboxylic acids is 1. The smallest absolute Gasteiger partial charge is 0.238 e. The zero-order valence-electron chi connectivity index (χ0n) is 9.25. The minimum Gasteiger partial charge on any atom is -0.377 e. The maximum atomic E-state index is 11.5. The van der Waals surface area contributed by atoms with Gasteiger partial charge in [-0.1, -0.05) is 0 Å². The molecule has 0 aromatic heterocycles. The third-order valence-electron chi connectivity index (χ3n) is 2.49. The van der Waals surface area contributed by atoms with Gasteiger partial charge in [-0.05, 0) is 19.8 Å².